The molecule has 2 aromatic carbocycles. The Hall–Kier alpha value is -3.49. The summed E-state index contributed by atoms with van der Waals surface area (Å²) in [6.07, 6.45) is 4.83. The number of nitrogens with one attached hydrogen (secondary N) is 1. The molecule has 10 heteroatoms. The Labute approximate surface area is 257 Å². The lowest BCUT2D eigenvalue weighted by molar-refractivity contribution is 0.0943. The second-order valence-corrected chi connectivity index (χ2v) is 11.5. The van der Waals surface area contributed by atoms with Crippen LogP contribution in [0.25, 0.3) is 5.65 Å². The van der Waals surface area contributed by atoms with E-state index in [1.54, 1.807) is 34.9 Å². The van der Waals surface area contributed by atoms with Gasteiger partial charge >= 0.3 is 0 Å². The molecule has 4 aromatic rings. The van der Waals surface area contributed by atoms with E-state index in [0.29, 0.717) is 34.0 Å². The maximum absolute atomic E-state index is 15.2. The lowest BCUT2D eigenvalue weighted by atomic mass is 10.1. The minimum Gasteiger partial charge on any atom is -0.493 e. The second-order valence-electron chi connectivity index (χ2n) is 11.0. The summed E-state index contributed by atoms with van der Waals surface area (Å²) in [6.45, 7) is 7.44. The molecule has 1 aliphatic carbocycles. The topological polar surface area (TPSA) is 62.1 Å². The van der Waals surface area contributed by atoms with E-state index in [2.05, 4.69) is 51.3 Å². The van der Waals surface area contributed by atoms with Crippen molar-refractivity contribution in [2.24, 2.45) is 5.92 Å². The normalized spacial score (nSPS) is 16.8. The lowest BCUT2D eigenvalue weighted by Crippen LogP contribution is -2.52. The molecule has 1 saturated carbocycles. The number of benzene rings is 2. The van der Waals surface area contributed by atoms with Gasteiger partial charge in [-0.05, 0) is 80.6 Å². The number of hydrogen-bond acceptors (Lipinski definition) is 5. The van der Waals surface area contributed by atoms with Crippen LogP contribution in [-0.2, 0) is 13.0 Å². The molecule has 0 spiro atoms. The van der Waals surface area contributed by atoms with Crippen LogP contribution in [0.5, 0.6) is 5.75 Å². The summed E-state index contributed by atoms with van der Waals surface area (Å²) in [4.78, 5) is 22.3. The van der Waals surface area contributed by atoms with Crippen LogP contribution in [0.15, 0.2) is 60.8 Å². The third-order valence-corrected chi connectivity index (χ3v) is 8.25. The van der Waals surface area contributed by atoms with E-state index in [1.165, 1.54) is 18.5 Å². The van der Waals surface area contributed by atoms with Crippen LogP contribution in [0.4, 0.5) is 15.8 Å². The summed E-state index contributed by atoms with van der Waals surface area (Å²) in [5.74, 6) is 1.01. The fourth-order valence-corrected chi connectivity index (χ4v) is 5.66. The molecule has 2 aromatic heterocycles. The molecule has 3 heterocycles. The van der Waals surface area contributed by atoms with Crippen LogP contribution in [0.2, 0.25) is 5.02 Å². The number of aryl methyl sites for hydroxylation is 1. The predicted molar refractivity (Wildman–Crippen MR) is 168 cm³/mol. The van der Waals surface area contributed by atoms with Gasteiger partial charge in [0.1, 0.15) is 22.9 Å². The molecule has 0 unspecified atom stereocenters. The number of rotatable bonds is 9. The summed E-state index contributed by atoms with van der Waals surface area (Å²) >= 11 is 6.15. The van der Waals surface area contributed by atoms with Gasteiger partial charge < -0.3 is 19.9 Å². The van der Waals surface area contributed by atoms with Gasteiger partial charge in [0.15, 0.2) is 0 Å². The first-order valence-corrected chi connectivity index (χ1v) is 14.7. The standard InChI is InChI=1S/C32H35ClFN5O2.ClH/c1-3-29-31(39-19-24(33)7-13-30(39)36-29)32(40)35-17-23-6-8-26(16-28(23)34)37-14-15-38(21(2)18-37)25-9-11-27(12-10-25)41-20-22-4-5-22;/h6-13,16,19,21-22H,3-5,14-15,17-18,20H2,1-2H3,(H,35,40);1H/t21-;/m0./s1. The van der Waals surface area contributed by atoms with Gasteiger partial charge in [0.25, 0.3) is 5.91 Å². The molecule has 2 fully saturated rings. The van der Waals surface area contributed by atoms with Crippen LogP contribution >= 0.6 is 24.0 Å². The first-order chi connectivity index (χ1) is 19.9. The average molecular weight is 613 g/mol. The van der Waals surface area contributed by atoms with E-state index < -0.39 is 0 Å². The number of pyridine rings is 1. The number of nitrogens with zero attached hydrogens (tertiary/aromatic N) is 4. The highest BCUT2D eigenvalue weighted by Gasteiger charge is 2.26. The summed E-state index contributed by atoms with van der Waals surface area (Å²) < 4.78 is 22.8. The third kappa shape index (κ3) is 6.45. The molecule has 222 valence electrons. The maximum atomic E-state index is 15.2. The monoisotopic (exact) mass is 611 g/mol. The number of anilines is 2. The zero-order valence-electron chi connectivity index (χ0n) is 23.9. The zero-order valence-corrected chi connectivity index (χ0v) is 25.4. The van der Waals surface area contributed by atoms with Crippen LogP contribution < -0.4 is 19.9 Å². The van der Waals surface area contributed by atoms with Gasteiger partial charge in [-0.1, -0.05) is 24.6 Å². The Morgan fingerprint density at radius 2 is 1.86 bits per heavy atom. The lowest BCUT2D eigenvalue weighted by Gasteiger charge is -2.42. The second kappa shape index (κ2) is 12.8. The average Bonchev–Trinajstić information content (AvgIpc) is 3.74. The van der Waals surface area contributed by atoms with Gasteiger partial charge in [0.05, 0.1) is 17.3 Å². The molecule has 1 amide bonds. The molecule has 2 aliphatic rings. The molecule has 1 N–H and O–H groups in total. The van der Waals surface area contributed by atoms with E-state index in [9.17, 15) is 4.79 Å². The summed E-state index contributed by atoms with van der Waals surface area (Å²) in [5, 5.41) is 3.38. The highest BCUT2D eigenvalue weighted by atomic mass is 35.5. The number of amides is 1. The van der Waals surface area contributed by atoms with Crippen molar-refractivity contribution >= 4 is 46.9 Å². The van der Waals surface area contributed by atoms with Crippen molar-refractivity contribution in [3.8, 4) is 5.75 Å². The SMILES string of the molecule is CCc1nc2ccc(Cl)cn2c1C(=O)NCc1ccc(N2CCN(c3ccc(OCC4CC4)cc3)[C@@H](C)C2)cc1F.Cl. The predicted octanol–water partition coefficient (Wildman–Crippen LogP) is 6.54. The smallest absolute Gasteiger partial charge is 0.270 e. The molecule has 7 nitrogen and oxygen atoms in total. The van der Waals surface area contributed by atoms with Crippen LogP contribution in [-0.4, -0.2) is 47.6 Å². The number of fused-ring (bicyclic) bond motifs is 1. The molecular formula is C32H36Cl2FN5O2. The fourth-order valence-electron chi connectivity index (χ4n) is 5.50. The fraction of sp³-hybridized carbons (Fsp3) is 0.375. The quantitative estimate of drug-likeness (QED) is 0.233. The number of carbonyl (C=O) groups excluding carboxylic acids is 1. The number of ether oxygens (including phenoxy) is 1. The van der Waals surface area contributed by atoms with E-state index >= 15 is 4.39 Å². The van der Waals surface area contributed by atoms with Crippen molar-refractivity contribution in [2.75, 3.05) is 36.0 Å². The van der Waals surface area contributed by atoms with Gasteiger partial charge in [-0.2, -0.15) is 0 Å². The number of halogens is 3. The first-order valence-electron chi connectivity index (χ1n) is 14.4. The molecule has 6 rings (SSSR count). The highest BCUT2D eigenvalue weighted by Crippen LogP contribution is 2.31. The number of aromatic nitrogens is 2. The van der Waals surface area contributed by atoms with Gasteiger partial charge in [-0.15, -0.1) is 12.4 Å². The van der Waals surface area contributed by atoms with E-state index in [-0.39, 0.29) is 36.7 Å². The molecular weight excluding hydrogens is 576 g/mol. The molecule has 1 atom stereocenters. The Morgan fingerprint density at radius 1 is 1.10 bits per heavy atom. The Bertz CT molecular complexity index is 1560. The van der Waals surface area contributed by atoms with Gasteiger partial charge in [-0.25, -0.2) is 9.37 Å². The highest BCUT2D eigenvalue weighted by molar-refractivity contribution is 6.30. The van der Waals surface area contributed by atoms with Crippen molar-refractivity contribution < 1.29 is 13.9 Å². The number of carbonyl (C=O) groups is 1. The van der Waals surface area contributed by atoms with Crippen molar-refractivity contribution in [3.63, 3.8) is 0 Å². The van der Waals surface area contributed by atoms with Crippen molar-refractivity contribution in [1.29, 1.82) is 0 Å². The Balaban J connectivity index is 0.00000353. The van der Waals surface area contributed by atoms with Gasteiger partial charge in [-0.3, -0.25) is 9.20 Å². The minimum absolute atomic E-state index is 0. The van der Waals surface area contributed by atoms with Crippen LogP contribution in [0.1, 0.15) is 48.4 Å². The molecule has 1 saturated heterocycles. The van der Waals surface area contributed by atoms with Crippen molar-refractivity contribution in [2.45, 2.75) is 45.7 Å². The Kier molecular flexibility index (Phi) is 9.13. The number of piperazine rings is 1. The molecule has 1 aliphatic heterocycles. The third-order valence-electron chi connectivity index (χ3n) is 8.02. The maximum Gasteiger partial charge on any atom is 0.270 e. The largest absolute Gasteiger partial charge is 0.493 e. The molecule has 42 heavy (non-hydrogen) atoms. The minimum atomic E-state index is -0.337. The van der Waals surface area contributed by atoms with E-state index in [1.807, 2.05) is 13.0 Å². The van der Waals surface area contributed by atoms with Crippen LogP contribution in [0.3, 0.4) is 0 Å². The van der Waals surface area contributed by atoms with E-state index in [0.717, 1.165) is 43.6 Å². The molecule has 0 radical (unpaired) electrons. The van der Waals surface area contributed by atoms with E-state index in [4.69, 9.17) is 16.3 Å². The first kappa shape index (κ1) is 30.0. The summed E-state index contributed by atoms with van der Waals surface area (Å²) in [5.41, 5.74) is 4.20. The Morgan fingerprint density at radius 3 is 2.55 bits per heavy atom. The summed E-state index contributed by atoms with van der Waals surface area (Å²) in [7, 11) is 0. The van der Waals surface area contributed by atoms with Crippen molar-refractivity contribution in [1.82, 2.24) is 14.7 Å². The number of imidazole rings is 1. The van der Waals surface area contributed by atoms with Gasteiger partial charge in [0.2, 0.25) is 0 Å². The van der Waals surface area contributed by atoms with Crippen molar-refractivity contribution in [3.05, 3.63) is 88.6 Å². The molecule has 0 bridgehead atoms. The summed E-state index contributed by atoms with van der Waals surface area (Å²) in [6, 6.07) is 17.4. The van der Waals surface area contributed by atoms with Crippen LogP contribution in [0, 0.1) is 11.7 Å². The number of hydrogen-bond donors (Lipinski definition) is 1. The zero-order chi connectivity index (χ0) is 28.5. The van der Waals surface area contributed by atoms with Gasteiger partial charge in [0, 0.05) is 55.4 Å².